The lowest BCUT2D eigenvalue weighted by molar-refractivity contribution is 0.560. The molecule has 0 bridgehead atoms. The highest BCUT2D eigenvalue weighted by molar-refractivity contribution is 9.10. The molecule has 0 fully saturated rings. The average molecular weight is 346 g/mol. The van der Waals surface area contributed by atoms with Crippen molar-refractivity contribution in [2.45, 2.75) is 17.9 Å². The summed E-state index contributed by atoms with van der Waals surface area (Å²) in [5, 5.41) is 6.28. The lowest BCUT2D eigenvalue weighted by Gasteiger charge is -2.13. The van der Waals surface area contributed by atoms with Gasteiger partial charge in [-0.15, -0.1) is 0 Å². The minimum atomic E-state index is -3.72. The SMILES string of the molecule is CC(NS(=O)(=O)c1ccc(Br)cc1N)c1ncn[nH]1. The maximum atomic E-state index is 12.2. The second-order valence-corrected chi connectivity index (χ2v) is 6.49. The van der Waals surface area contributed by atoms with E-state index in [-0.39, 0.29) is 10.6 Å². The molecule has 7 nitrogen and oxygen atoms in total. The maximum absolute atomic E-state index is 12.2. The molecule has 1 heterocycles. The van der Waals surface area contributed by atoms with E-state index in [4.69, 9.17) is 5.73 Å². The summed E-state index contributed by atoms with van der Waals surface area (Å²) in [4.78, 5) is 3.93. The van der Waals surface area contributed by atoms with Crippen LogP contribution in [0.4, 0.5) is 5.69 Å². The number of aromatic nitrogens is 3. The Balaban J connectivity index is 2.28. The predicted octanol–water partition coefficient (Wildman–Crippen LogP) is 1.19. The number of anilines is 1. The van der Waals surface area contributed by atoms with Gasteiger partial charge in [0.15, 0.2) is 0 Å². The number of nitrogens with two attached hydrogens (primary N) is 1. The number of nitrogens with zero attached hydrogens (tertiary/aromatic N) is 2. The molecule has 1 aromatic heterocycles. The van der Waals surface area contributed by atoms with Gasteiger partial charge in [0.2, 0.25) is 10.0 Å². The van der Waals surface area contributed by atoms with E-state index >= 15 is 0 Å². The van der Waals surface area contributed by atoms with E-state index in [2.05, 4.69) is 35.8 Å². The van der Waals surface area contributed by atoms with Crippen molar-refractivity contribution in [2.24, 2.45) is 0 Å². The van der Waals surface area contributed by atoms with Crippen LogP contribution in [0.15, 0.2) is 33.9 Å². The quantitative estimate of drug-likeness (QED) is 0.720. The number of nitrogen functional groups attached to an aromatic ring is 1. The van der Waals surface area contributed by atoms with E-state index in [0.717, 1.165) is 0 Å². The first-order valence-corrected chi connectivity index (χ1v) is 7.60. The number of H-pyrrole nitrogens is 1. The van der Waals surface area contributed by atoms with Crippen LogP contribution in [0.25, 0.3) is 0 Å². The van der Waals surface area contributed by atoms with E-state index in [1.54, 1.807) is 13.0 Å². The van der Waals surface area contributed by atoms with Crippen LogP contribution in [0.3, 0.4) is 0 Å². The Morgan fingerprint density at radius 2 is 2.21 bits per heavy atom. The molecule has 9 heteroatoms. The molecule has 0 spiro atoms. The molecule has 0 saturated heterocycles. The third-order valence-corrected chi connectivity index (χ3v) is 4.55. The van der Waals surface area contributed by atoms with Gasteiger partial charge in [-0.05, 0) is 25.1 Å². The lowest BCUT2D eigenvalue weighted by atomic mass is 10.3. The Hall–Kier alpha value is -1.45. The minimum Gasteiger partial charge on any atom is -0.398 e. The zero-order valence-electron chi connectivity index (χ0n) is 9.96. The highest BCUT2D eigenvalue weighted by Crippen LogP contribution is 2.23. The van der Waals surface area contributed by atoms with Gasteiger partial charge in [0.05, 0.1) is 11.7 Å². The highest BCUT2D eigenvalue weighted by atomic mass is 79.9. The Bertz CT molecular complexity index is 671. The van der Waals surface area contributed by atoms with E-state index < -0.39 is 16.1 Å². The monoisotopic (exact) mass is 345 g/mol. The second-order valence-electron chi connectivity index (χ2n) is 3.90. The van der Waals surface area contributed by atoms with Gasteiger partial charge >= 0.3 is 0 Å². The normalized spacial score (nSPS) is 13.4. The zero-order valence-corrected chi connectivity index (χ0v) is 12.4. The summed E-state index contributed by atoms with van der Waals surface area (Å²) < 4.78 is 27.6. The number of hydrogen-bond donors (Lipinski definition) is 3. The predicted molar refractivity (Wildman–Crippen MR) is 73.7 cm³/mol. The number of halogens is 1. The molecule has 1 unspecified atom stereocenters. The number of hydrogen-bond acceptors (Lipinski definition) is 5. The molecule has 0 aliphatic carbocycles. The summed E-state index contributed by atoms with van der Waals surface area (Å²) in [6.45, 7) is 1.66. The van der Waals surface area contributed by atoms with Gasteiger partial charge in [0.25, 0.3) is 0 Å². The summed E-state index contributed by atoms with van der Waals surface area (Å²) in [7, 11) is -3.72. The molecule has 1 aromatic carbocycles. The van der Waals surface area contributed by atoms with Crippen LogP contribution in [-0.2, 0) is 10.0 Å². The summed E-state index contributed by atoms with van der Waals surface area (Å²) in [5.41, 5.74) is 5.89. The molecule has 19 heavy (non-hydrogen) atoms. The van der Waals surface area contributed by atoms with Gasteiger partial charge < -0.3 is 5.73 Å². The van der Waals surface area contributed by atoms with Gasteiger partial charge in [-0.1, -0.05) is 15.9 Å². The molecule has 0 radical (unpaired) electrons. The van der Waals surface area contributed by atoms with Crippen LogP contribution in [0, 0.1) is 0 Å². The van der Waals surface area contributed by atoms with Crippen molar-refractivity contribution < 1.29 is 8.42 Å². The number of sulfonamides is 1. The van der Waals surface area contributed by atoms with Gasteiger partial charge in [0, 0.05) is 4.47 Å². The fourth-order valence-corrected chi connectivity index (χ4v) is 3.24. The fourth-order valence-electron chi connectivity index (χ4n) is 1.54. The Morgan fingerprint density at radius 3 is 2.79 bits per heavy atom. The Kier molecular flexibility index (Phi) is 3.88. The van der Waals surface area contributed by atoms with Crippen LogP contribution in [0.5, 0.6) is 0 Å². The maximum Gasteiger partial charge on any atom is 0.243 e. The van der Waals surface area contributed by atoms with Gasteiger partial charge in [-0.25, -0.2) is 18.1 Å². The van der Waals surface area contributed by atoms with E-state index in [1.807, 2.05) is 0 Å². The molecule has 2 rings (SSSR count). The molecule has 0 aliphatic rings. The summed E-state index contributed by atoms with van der Waals surface area (Å²) in [6, 6.07) is 4.06. The lowest BCUT2D eigenvalue weighted by Crippen LogP contribution is -2.28. The smallest absolute Gasteiger partial charge is 0.243 e. The van der Waals surface area contributed by atoms with Crippen molar-refractivity contribution in [3.63, 3.8) is 0 Å². The number of nitrogens with one attached hydrogen (secondary N) is 2. The van der Waals surface area contributed by atoms with Crippen molar-refractivity contribution in [1.29, 1.82) is 0 Å². The highest BCUT2D eigenvalue weighted by Gasteiger charge is 2.22. The van der Waals surface area contributed by atoms with E-state index in [9.17, 15) is 8.42 Å². The van der Waals surface area contributed by atoms with Crippen molar-refractivity contribution in [3.05, 3.63) is 34.8 Å². The Labute approximate surface area is 118 Å². The number of rotatable bonds is 4. The van der Waals surface area contributed by atoms with Gasteiger partial charge in [-0.2, -0.15) is 5.10 Å². The van der Waals surface area contributed by atoms with Crippen LogP contribution in [-0.4, -0.2) is 23.6 Å². The second kappa shape index (κ2) is 5.27. The molecule has 2 aromatic rings. The average Bonchev–Trinajstić information content (AvgIpc) is 2.80. The topological polar surface area (TPSA) is 114 Å². The number of aromatic amines is 1. The molecular formula is C10H12BrN5O2S. The summed E-state index contributed by atoms with van der Waals surface area (Å²) in [5.74, 6) is 0.430. The largest absolute Gasteiger partial charge is 0.398 e. The standard InChI is InChI=1S/C10H12BrN5O2S/c1-6(10-13-5-14-15-10)16-19(17,18)9-3-2-7(11)4-8(9)12/h2-6,16H,12H2,1H3,(H,13,14,15). The van der Waals surface area contributed by atoms with Crippen molar-refractivity contribution >= 4 is 31.6 Å². The molecule has 4 N–H and O–H groups in total. The zero-order chi connectivity index (χ0) is 14.0. The van der Waals surface area contributed by atoms with Crippen molar-refractivity contribution in [3.8, 4) is 0 Å². The first kappa shape index (κ1) is 14.0. The molecule has 1 atom stereocenters. The molecule has 102 valence electrons. The first-order valence-electron chi connectivity index (χ1n) is 5.33. The van der Waals surface area contributed by atoms with Crippen LogP contribution in [0.1, 0.15) is 18.8 Å². The number of benzene rings is 1. The van der Waals surface area contributed by atoms with E-state index in [1.165, 1.54) is 18.5 Å². The fraction of sp³-hybridized carbons (Fsp3) is 0.200. The van der Waals surface area contributed by atoms with E-state index in [0.29, 0.717) is 10.3 Å². The van der Waals surface area contributed by atoms with Crippen molar-refractivity contribution in [2.75, 3.05) is 5.73 Å². The van der Waals surface area contributed by atoms with Crippen molar-refractivity contribution in [1.82, 2.24) is 19.9 Å². The summed E-state index contributed by atoms with van der Waals surface area (Å²) >= 11 is 3.23. The molecule has 0 amide bonds. The van der Waals surface area contributed by atoms with Gasteiger partial charge in [0.1, 0.15) is 17.0 Å². The van der Waals surface area contributed by atoms with Crippen LogP contribution >= 0.6 is 15.9 Å². The molecular weight excluding hydrogens is 334 g/mol. The van der Waals surface area contributed by atoms with Crippen LogP contribution in [0.2, 0.25) is 0 Å². The Morgan fingerprint density at radius 1 is 1.47 bits per heavy atom. The molecule has 0 aliphatic heterocycles. The molecule has 0 saturated carbocycles. The van der Waals surface area contributed by atoms with Crippen LogP contribution < -0.4 is 10.5 Å². The van der Waals surface area contributed by atoms with Gasteiger partial charge in [-0.3, -0.25) is 5.10 Å². The minimum absolute atomic E-state index is 0.0297. The first-order chi connectivity index (χ1) is 8.90. The third kappa shape index (κ3) is 3.11. The third-order valence-electron chi connectivity index (χ3n) is 2.44. The summed E-state index contributed by atoms with van der Waals surface area (Å²) in [6.07, 6.45) is 1.31.